The zero-order valence-electron chi connectivity index (χ0n) is 11.9. The molecule has 0 radical (unpaired) electrons. The van der Waals surface area contributed by atoms with Gasteiger partial charge in [-0.25, -0.2) is 0 Å². The Kier molecular flexibility index (Phi) is 5.70. The molecule has 0 aliphatic carbocycles. The number of nitrogens with two attached hydrogens (primary N) is 1. The van der Waals surface area contributed by atoms with Crippen molar-refractivity contribution in [3.05, 3.63) is 63.6 Å². The van der Waals surface area contributed by atoms with Crippen molar-refractivity contribution in [3.63, 3.8) is 0 Å². The van der Waals surface area contributed by atoms with E-state index in [4.69, 9.17) is 5.73 Å². The largest absolute Gasteiger partial charge is 0.327 e. The van der Waals surface area contributed by atoms with Gasteiger partial charge in [-0.2, -0.15) is 0 Å². The van der Waals surface area contributed by atoms with Crippen LogP contribution in [-0.2, 0) is 6.42 Å². The maximum Gasteiger partial charge on any atom is 0.0186 e. The molecule has 1 atom stereocenters. The first-order valence-corrected chi connectivity index (χ1v) is 8.52. The van der Waals surface area contributed by atoms with Gasteiger partial charge >= 0.3 is 0 Å². The van der Waals surface area contributed by atoms with Gasteiger partial charge in [0.25, 0.3) is 0 Å². The second-order valence-corrected chi connectivity index (χ2v) is 7.17. The van der Waals surface area contributed by atoms with Gasteiger partial charge in [0.1, 0.15) is 0 Å². The first-order chi connectivity index (χ1) is 9.54. The molecule has 0 aliphatic heterocycles. The average Bonchev–Trinajstić information content (AvgIpc) is 2.41. The van der Waals surface area contributed by atoms with Crippen molar-refractivity contribution in [2.24, 2.45) is 5.73 Å². The van der Waals surface area contributed by atoms with E-state index in [2.05, 4.69) is 66.2 Å². The van der Waals surface area contributed by atoms with Gasteiger partial charge < -0.3 is 5.73 Å². The molecule has 106 valence electrons. The Labute approximate surface area is 134 Å². The molecular formula is C17H20BrNS. The van der Waals surface area contributed by atoms with Crippen molar-refractivity contribution >= 4 is 27.7 Å². The molecule has 0 aromatic heterocycles. The summed E-state index contributed by atoms with van der Waals surface area (Å²) in [5.74, 6) is 0.934. The van der Waals surface area contributed by atoms with Crippen molar-refractivity contribution < 1.29 is 0 Å². The summed E-state index contributed by atoms with van der Waals surface area (Å²) in [6.07, 6.45) is 0.939. The van der Waals surface area contributed by atoms with Crippen LogP contribution < -0.4 is 5.73 Å². The number of aryl methyl sites for hydroxylation is 2. The van der Waals surface area contributed by atoms with E-state index in [1.807, 2.05) is 17.8 Å². The van der Waals surface area contributed by atoms with E-state index >= 15 is 0 Å². The summed E-state index contributed by atoms with van der Waals surface area (Å²) in [5, 5.41) is 0. The van der Waals surface area contributed by atoms with E-state index in [1.54, 1.807) is 0 Å². The number of thioether (sulfide) groups is 1. The van der Waals surface area contributed by atoms with E-state index in [9.17, 15) is 0 Å². The summed E-state index contributed by atoms with van der Waals surface area (Å²) >= 11 is 5.31. The lowest BCUT2D eigenvalue weighted by molar-refractivity contribution is 0.744. The van der Waals surface area contributed by atoms with Crippen LogP contribution in [-0.4, -0.2) is 11.8 Å². The number of rotatable bonds is 5. The van der Waals surface area contributed by atoms with Gasteiger partial charge in [-0.15, -0.1) is 11.8 Å². The Morgan fingerprint density at radius 3 is 2.70 bits per heavy atom. The van der Waals surface area contributed by atoms with Gasteiger partial charge in [0.15, 0.2) is 0 Å². The van der Waals surface area contributed by atoms with Crippen molar-refractivity contribution in [1.29, 1.82) is 0 Å². The average molecular weight is 350 g/mol. The maximum atomic E-state index is 6.28. The van der Waals surface area contributed by atoms with Gasteiger partial charge in [-0.05, 0) is 49.6 Å². The minimum atomic E-state index is 0.180. The molecule has 0 saturated heterocycles. The molecule has 0 heterocycles. The number of halogens is 1. The smallest absolute Gasteiger partial charge is 0.0186 e. The minimum Gasteiger partial charge on any atom is -0.327 e. The van der Waals surface area contributed by atoms with Gasteiger partial charge in [-0.3, -0.25) is 0 Å². The molecular weight excluding hydrogens is 330 g/mol. The van der Waals surface area contributed by atoms with Gasteiger partial charge in [-0.1, -0.05) is 45.8 Å². The SMILES string of the molecule is Cc1ccc(C)c(CC(N)CSc2cccc(Br)c2)c1. The van der Waals surface area contributed by atoms with Crippen LogP contribution >= 0.6 is 27.7 Å². The van der Waals surface area contributed by atoms with E-state index in [1.165, 1.54) is 21.6 Å². The monoisotopic (exact) mass is 349 g/mol. The highest BCUT2D eigenvalue weighted by Crippen LogP contribution is 2.23. The van der Waals surface area contributed by atoms with Gasteiger partial charge in [0.05, 0.1) is 0 Å². The summed E-state index contributed by atoms with van der Waals surface area (Å²) in [4.78, 5) is 1.26. The third kappa shape index (κ3) is 4.65. The molecule has 0 saturated carbocycles. The molecule has 0 bridgehead atoms. The first kappa shape index (κ1) is 15.6. The van der Waals surface area contributed by atoms with Crippen molar-refractivity contribution in [1.82, 2.24) is 0 Å². The quantitative estimate of drug-likeness (QED) is 0.789. The molecule has 2 rings (SSSR count). The highest BCUT2D eigenvalue weighted by molar-refractivity contribution is 9.10. The van der Waals surface area contributed by atoms with Crippen LogP contribution in [0.3, 0.4) is 0 Å². The van der Waals surface area contributed by atoms with Crippen molar-refractivity contribution in [2.45, 2.75) is 31.2 Å². The van der Waals surface area contributed by atoms with Crippen LogP contribution in [0.2, 0.25) is 0 Å². The molecule has 1 nitrogen and oxygen atoms in total. The Balaban J connectivity index is 1.92. The highest BCUT2D eigenvalue weighted by Gasteiger charge is 2.08. The maximum absolute atomic E-state index is 6.28. The lowest BCUT2D eigenvalue weighted by Gasteiger charge is -2.14. The zero-order chi connectivity index (χ0) is 14.5. The molecule has 0 aliphatic rings. The third-order valence-electron chi connectivity index (χ3n) is 3.25. The lowest BCUT2D eigenvalue weighted by atomic mass is 10.00. The van der Waals surface area contributed by atoms with Crippen molar-refractivity contribution in [2.75, 3.05) is 5.75 Å². The van der Waals surface area contributed by atoms with Crippen LogP contribution in [0, 0.1) is 13.8 Å². The lowest BCUT2D eigenvalue weighted by Crippen LogP contribution is -2.26. The number of hydrogen-bond acceptors (Lipinski definition) is 2. The summed E-state index contributed by atoms with van der Waals surface area (Å²) in [5.41, 5.74) is 10.3. The fraction of sp³-hybridized carbons (Fsp3) is 0.294. The van der Waals surface area contributed by atoms with Crippen LogP contribution in [0.5, 0.6) is 0 Å². The van der Waals surface area contributed by atoms with E-state index in [0.29, 0.717) is 0 Å². The summed E-state index contributed by atoms with van der Waals surface area (Å²) in [6, 6.07) is 15.1. The molecule has 0 amide bonds. The Morgan fingerprint density at radius 1 is 1.15 bits per heavy atom. The topological polar surface area (TPSA) is 26.0 Å². The predicted octanol–water partition coefficient (Wildman–Crippen LogP) is 4.73. The Hall–Kier alpha value is -0.770. The molecule has 0 spiro atoms. The van der Waals surface area contributed by atoms with Crippen LogP contribution in [0.25, 0.3) is 0 Å². The van der Waals surface area contributed by atoms with Gasteiger partial charge in [0.2, 0.25) is 0 Å². The third-order valence-corrected chi connectivity index (χ3v) is 4.92. The summed E-state index contributed by atoms with van der Waals surface area (Å²) in [7, 11) is 0. The zero-order valence-corrected chi connectivity index (χ0v) is 14.3. The second kappa shape index (κ2) is 7.30. The fourth-order valence-corrected chi connectivity index (χ4v) is 3.58. The number of benzene rings is 2. The fourth-order valence-electron chi connectivity index (χ4n) is 2.12. The Morgan fingerprint density at radius 2 is 1.95 bits per heavy atom. The molecule has 2 N–H and O–H groups in total. The minimum absolute atomic E-state index is 0.180. The molecule has 20 heavy (non-hydrogen) atoms. The van der Waals surface area contributed by atoms with Crippen LogP contribution in [0.4, 0.5) is 0 Å². The standard InChI is InChI=1S/C17H20BrNS/c1-12-6-7-13(2)14(8-12)9-16(19)11-20-17-5-3-4-15(18)10-17/h3-8,10,16H,9,11,19H2,1-2H3. The highest BCUT2D eigenvalue weighted by atomic mass is 79.9. The van der Waals surface area contributed by atoms with Crippen LogP contribution in [0.15, 0.2) is 51.8 Å². The van der Waals surface area contributed by atoms with Gasteiger partial charge in [0, 0.05) is 21.2 Å². The number of hydrogen-bond donors (Lipinski definition) is 1. The molecule has 2 aromatic carbocycles. The first-order valence-electron chi connectivity index (χ1n) is 6.74. The van der Waals surface area contributed by atoms with E-state index in [0.717, 1.165) is 16.6 Å². The van der Waals surface area contributed by atoms with Crippen LogP contribution in [0.1, 0.15) is 16.7 Å². The second-order valence-electron chi connectivity index (χ2n) is 5.16. The summed E-state index contributed by atoms with van der Waals surface area (Å²) in [6.45, 7) is 4.29. The summed E-state index contributed by atoms with van der Waals surface area (Å²) < 4.78 is 1.12. The Bertz CT molecular complexity index is 583. The predicted molar refractivity (Wildman–Crippen MR) is 92.5 cm³/mol. The van der Waals surface area contributed by atoms with Crippen molar-refractivity contribution in [3.8, 4) is 0 Å². The normalized spacial score (nSPS) is 12.4. The van der Waals surface area contributed by atoms with E-state index in [-0.39, 0.29) is 6.04 Å². The molecule has 0 fully saturated rings. The molecule has 3 heteroatoms. The molecule has 1 unspecified atom stereocenters. The van der Waals surface area contributed by atoms with E-state index < -0.39 is 0 Å². The molecule has 2 aromatic rings.